The largest absolute Gasteiger partial charge is 0.416 e. The van der Waals surface area contributed by atoms with E-state index in [0.29, 0.717) is 19.5 Å². The number of carbonyl (C=O) groups excluding carboxylic acids is 1. The molecule has 0 bridgehead atoms. The summed E-state index contributed by atoms with van der Waals surface area (Å²) in [4.78, 5) is 17.2. The average Bonchev–Trinajstić information content (AvgIpc) is 2.36. The molecule has 8 heteroatoms. The summed E-state index contributed by atoms with van der Waals surface area (Å²) in [6, 6.07) is 1.17. The van der Waals surface area contributed by atoms with Crippen LogP contribution in [0, 0.1) is 0 Å². The molecule has 0 radical (unpaired) electrons. The van der Waals surface area contributed by atoms with Crippen molar-refractivity contribution < 1.29 is 18.0 Å². The molecule has 1 amide bonds. The number of halogens is 4. The van der Waals surface area contributed by atoms with Gasteiger partial charge in [-0.25, -0.2) is 4.98 Å². The first-order chi connectivity index (χ1) is 9.32. The summed E-state index contributed by atoms with van der Waals surface area (Å²) in [6.07, 6.45) is -4.03. The molecule has 2 heterocycles. The normalized spacial score (nSPS) is 19.9. The number of hydrogen-bond donors (Lipinski definition) is 1. The number of amides is 1. The van der Waals surface area contributed by atoms with Crippen LogP contribution in [0.25, 0.3) is 0 Å². The maximum atomic E-state index is 12.8. The Morgan fingerprint density at radius 3 is 2.80 bits per heavy atom. The summed E-state index contributed by atoms with van der Waals surface area (Å²) in [5, 5.41) is 2.44. The number of pyridine rings is 1. The molecule has 2 rings (SSSR count). The van der Waals surface area contributed by atoms with E-state index < -0.39 is 17.8 Å². The minimum Gasteiger partial charge on any atom is -0.353 e. The van der Waals surface area contributed by atoms with Crippen LogP contribution in [0.2, 0.25) is 5.15 Å². The quantitative estimate of drug-likeness (QED) is 0.854. The molecule has 1 aliphatic rings. The molecule has 1 aliphatic heterocycles. The van der Waals surface area contributed by atoms with Crippen molar-refractivity contribution in [1.82, 2.24) is 10.3 Å². The van der Waals surface area contributed by atoms with Crippen LogP contribution in [-0.4, -0.2) is 30.0 Å². The predicted octanol–water partition coefficient (Wildman–Crippen LogP) is 2.47. The monoisotopic (exact) mass is 307 g/mol. The van der Waals surface area contributed by atoms with Crippen LogP contribution in [0.5, 0.6) is 0 Å². The van der Waals surface area contributed by atoms with Gasteiger partial charge < -0.3 is 10.2 Å². The lowest BCUT2D eigenvalue weighted by atomic mass is 10.1. The van der Waals surface area contributed by atoms with Gasteiger partial charge in [-0.05, 0) is 18.6 Å². The van der Waals surface area contributed by atoms with E-state index in [-0.39, 0.29) is 16.9 Å². The predicted molar refractivity (Wildman–Crippen MR) is 68.7 cm³/mol. The van der Waals surface area contributed by atoms with Gasteiger partial charge in [0.25, 0.3) is 0 Å². The van der Waals surface area contributed by atoms with E-state index in [1.807, 2.05) is 0 Å². The Bertz CT molecular complexity index is 521. The zero-order valence-electron chi connectivity index (χ0n) is 10.7. The van der Waals surface area contributed by atoms with Gasteiger partial charge in [0.15, 0.2) is 0 Å². The number of carbonyl (C=O) groups is 1. The van der Waals surface area contributed by atoms with Crippen molar-refractivity contribution in [3.05, 3.63) is 22.8 Å². The Morgan fingerprint density at radius 2 is 2.20 bits per heavy atom. The van der Waals surface area contributed by atoms with Crippen LogP contribution in [0.4, 0.5) is 19.0 Å². The van der Waals surface area contributed by atoms with Crippen molar-refractivity contribution in [2.75, 3.05) is 18.0 Å². The minimum absolute atomic E-state index is 0.0755. The first kappa shape index (κ1) is 14.9. The fourth-order valence-corrected chi connectivity index (χ4v) is 2.39. The number of alkyl halides is 3. The molecular formula is C12H13ClF3N3O. The summed E-state index contributed by atoms with van der Waals surface area (Å²) in [7, 11) is 0. The number of hydrogen-bond acceptors (Lipinski definition) is 3. The zero-order valence-corrected chi connectivity index (χ0v) is 11.4. The van der Waals surface area contributed by atoms with Crippen LogP contribution in [0.3, 0.4) is 0 Å². The molecule has 1 aromatic heterocycles. The Labute approximate surface area is 118 Å². The number of aromatic nitrogens is 1. The molecule has 110 valence electrons. The smallest absolute Gasteiger partial charge is 0.353 e. The first-order valence-corrected chi connectivity index (χ1v) is 6.50. The Balaban J connectivity index is 2.41. The van der Waals surface area contributed by atoms with E-state index in [2.05, 4.69) is 10.3 Å². The summed E-state index contributed by atoms with van der Waals surface area (Å²) in [5.74, 6) is -0.138. The average molecular weight is 308 g/mol. The van der Waals surface area contributed by atoms with Gasteiger partial charge in [0, 0.05) is 13.1 Å². The molecule has 0 spiro atoms. The third kappa shape index (κ3) is 2.98. The SMILES string of the molecule is CCC1C(=O)NCCN1c1cc(C(F)(F)F)cc(Cl)n1. The Morgan fingerprint density at radius 1 is 1.50 bits per heavy atom. The second-order valence-electron chi connectivity index (χ2n) is 4.44. The molecule has 1 N–H and O–H groups in total. The number of anilines is 1. The Kier molecular flexibility index (Phi) is 4.08. The number of piperazine rings is 1. The summed E-state index contributed by atoms with van der Waals surface area (Å²) < 4.78 is 38.4. The molecule has 1 unspecified atom stereocenters. The number of rotatable bonds is 2. The van der Waals surface area contributed by atoms with Crippen molar-refractivity contribution in [3.63, 3.8) is 0 Å². The van der Waals surface area contributed by atoms with Gasteiger partial charge in [-0.3, -0.25) is 4.79 Å². The maximum absolute atomic E-state index is 12.8. The van der Waals surface area contributed by atoms with Crippen LogP contribution in [0.15, 0.2) is 12.1 Å². The van der Waals surface area contributed by atoms with Gasteiger partial charge in [-0.2, -0.15) is 13.2 Å². The van der Waals surface area contributed by atoms with Gasteiger partial charge in [0.2, 0.25) is 5.91 Å². The summed E-state index contributed by atoms with van der Waals surface area (Å²) in [5.41, 5.74) is -0.867. The Hall–Kier alpha value is -1.50. The third-order valence-corrected chi connectivity index (χ3v) is 3.31. The van der Waals surface area contributed by atoms with Gasteiger partial charge >= 0.3 is 6.18 Å². The molecule has 0 aromatic carbocycles. The molecule has 1 saturated heterocycles. The maximum Gasteiger partial charge on any atom is 0.416 e. The highest BCUT2D eigenvalue weighted by Crippen LogP contribution is 2.33. The molecule has 20 heavy (non-hydrogen) atoms. The van der Waals surface area contributed by atoms with Gasteiger partial charge in [0.1, 0.15) is 17.0 Å². The van der Waals surface area contributed by atoms with E-state index in [1.165, 1.54) is 0 Å². The van der Waals surface area contributed by atoms with Crippen molar-refractivity contribution >= 4 is 23.3 Å². The second kappa shape index (κ2) is 5.47. The topological polar surface area (TPSA) is 45.2 Å². The van der Waals surface area contributed by atoms with Crippen molar-refractivity contribution in [3.8, 4) is 0 Å². The van der Waals surface area contributed by atoms with Crippen LogP contribution in [-0.2, 0) is 11.0 Å². The van der Waals surface area contributed by atoms with E-state index >= 15 is 0 Å². The summed E-state index contributed by atoms with van der Waals surface area (Å²) >= 11 is 5.66. The summed E-state index contributed by atoms with van der Waals surface area (Å²) in [6.45, 7) is 2.55. The van der Waals surface area contributed by atoms with E-state index in [0.717, 1.165) is 12.1 Å². The van der Waals surface area contributed by atoms with Crippen molar-refractivity contribution in [1.29, 1.82) is 0 Å². The first-order valence-electron chi connectivity index (χ1n) is 6.12. The zero-order chi connectivity index (χ0) is 14.9. The van der Waals surface area contributed by atoms with Crippen LogP contribution in [0.1, 0.15) is 18.9 Å². The van der Waals surface area contributed by atoms with E-state index in [9.17, 15) is 18.0 Å². The van der Waals surface area contributed by atoms with Crippen LogP contribution >= 0.6 is 11.6 Å². The molecular weight excluding hydrogens is 295 g/mol. The van der Waals surface area contributed by atoms with Crippen LogP contribution < -0.4 is 10.2 Å². The van der Waals surface area contributed by atoms with E-state index in [1.54, 1.807) is 11.8 Å². The highest BCUT2D eigenvalue weighted by Gasteiger charge is 2.34. The second-order valence-corrected chi connectivity index (χ2v) is 4.83. The lowest BCUT2D eigenvalue weighted by Crippen LogP contribution is -2.55. The molecule has 0 saturated carbocycles. The van der Waals surface area contributed by atoms with Gasteiger partial charge in [-0.15, -0.1) is 0 Å². The fraction of sp³-hybridized carbons (Fsp3) is 0.500. The molecule has 1 atom stereocenters. The molecule has 1 fully saturated rings. The number of nitrogens with zero attached hydrogens (tertiary/aromatic N) is 2. The molecule has 0 aliphatic carbocycles. The molecule has 4 nitrogen and oxygen atoms in total. The minimum atomic E-state index is -4.50. The van der Waals surface area contributed by atoms with Crippen molar-refractivity contribution in [2.45, 2.75) is 25.6 Å². The lowest BCUT2D eigenvalue weighted by molar-refractivity contribution is -0.137. The van der Waals surface area contributed by atoms with E-state index in [4.69, 9.17) is 11.6 Å². The third-order valence-electron chi connectivity index (χ3n) is 3.12. The van der Waals surface area contributed by atoms with Gasteiger partial charge in [-0.1, -0.05) is 18.5 Å². The van der Waals surface area contributed by atoms with Crippen molar-refractivity contribution in [2.24, 2.45) is 0 Å². The fourth-order valence-electron chi connectivity index (χ4n) is 2.19. The van der Waals surface area contributed by atoms with Gasteiger partial charge in [0.05, 0.1) is 5.56 Å². The molecule has 1 aromatic rings. The number of nitrogens with one attached hydrogen (secondary N) is 1. The standard InChI is InChI=1S/C12H13ClF3N3O/c1-2-8-11(20)17-3-4-19(8)10-6-7(12(14,15)16)5-9(13)18-10/h5-6,8H,2-4H2,1H3,(H,17,20). The lowest BCUT2D eigenvalue weighted by Gasteiger charge is -2.35. The highest BCUT2D eigenvalue weighted by molar-refractivity contribution is 6.29. The highest BCUT2D eigenvalue weighted by atomic mass is 35.5.